The normalized spacial score (nSPS) is 11.6. The van der Waals surface area contributed by atoms with Gasteiger partial charge in [-0.15, -0.1) is 11.3 Å². The molecule has 0 spiro atoms. The second kappa shape index (κ2) is 9.90. The highest BCUT2D eigenvalue weighted by Gasteiger charge is 2.19. The minimum atomic E-state index is -3.83. The highest BCUT2D eigenvalue weighted by Crippen LogP contribution is 2.27. The maximum absolute atomic E-state index is 12.8. The standard InChI is InChI=1S/C24H21N3O5S3/c1-17-8-12-19(13-9-17)26-34(29,30)20-14-10-18(11-15-20)24(28)25-21-5-2-3-6-22(21)27-35(31,32)23-7-4-16-33-23/h2-16,26-27H,1H3,(H,25,28). The number of thiophene rings is 1. The first-order chi connectivity index (χ1) is 16.6. The molecule has 35 heavy (non-hydrogen) atoms. The van der Waals surface area contributed by atoms with Crippen LogP contribution >= 0.6 is 11.3 Å². The largest absolute Gasteiger partial charge is 0.320 e. The van der Waals surface area contributed by atoms with E-state index >= 15 is 0 Å². The first-order valence-corrected chi connectivity index (χ1v) is 14.1. The van der Waals surface area contributed by atoms with Gasteiger partial charge in [-0.1, -0.05) is 35.9 Å². The molecule has 4 aromatic rings. The summed E-state index contributed by atoms with van der Waals surface area (Å²) in [7, 11) is -7.63. The van der Waals surface area contributed by atoms with Gasteiger partial charge in [-0.25, -0.2) is 16.8 Å². The predicted octanol–water partition coefficient (Wildman–Crippen LogP) is 4.91. The van der Waals surface area contributed by atoms with Crippen molar-refractivity contribution >= 4 is 54.4 Å². The van der Waals surface area contributed by atoms with E-state index in [4.69, 9.17) is 0 Å². The Bertz CT molecular complexity index is 1550. The molecular formula is C24H21N3O5S3. The number of carbonyl (C=O) groups excluding carboxylic acids is 1. The maximum atomic E-state index is 12.8. The molecule has 0 bridgehead atoms. The fraction of sp³-hybridized carbons (Fsp3) is 0.0417. The third-order valence-electron chi connectivity index (χ3n) is 4.91. The zero-order chi connectivity index (χ0) is 25.1. The number of nitrogens with one attached hydrogen (secondary N) is 3. The number of anilines is 3. The molecule has 0 radical (unpaired) electrons. The van der Waals surface area contributed by atoms with Gasteiger partial charge in [-0.05, 0) is 66.9 Å². The van der Waals surface area contributed by atoms with Gasteiger partial charge in [0.25, 0.3) is 26.0 Å². The Morgan fingerprint density at radius 3 is 2.00 bits per heavy atom. The van der Waals surface area contributed by atoms with E-state index in [0.717, 1.165) is 16.9 Å². The summed E-state index contributed by atoms with van der Waals surface area (Å²) in [5, 5.41) is 4.33. The van der Waals surface area contributed by atoms with E-state index in [1.165, 1.54) is 36.4 Å². The Hall–Kier alpha value is -3.67. The molecule has 1 amide bonds. The van der Waals surface area contributed by atoms with Gasteiger partial charge in [0.2, 0.25) is 0 Å². The van der Waals surface area contributed by atoms with Gasteiger partial charge in [0.15, 0.2) is 0 Å². The zero-order valence-electron chi connectivity index (χ0n) is 18.4. The molecular weight excluding hydrogens is 506 g/mol. The van der Waals surface area contributed by atoms with Crippen LogP contribution in [0.2, 0.25) is 0 Å². The molecule has 11 heteroatoms. The Morgan fingerprint density at radius 2 is 1.37 bits per heavy atom. The number of para-hydroxylation sites is 2. The third-order valence-corrected chi connectivity index (χ3v) is 9.07. The summed E-state index contributed by atoms with van der Waals surface area (Å²) >= 11 is 1.08. The Balaban J connectivity index is 1.49. The van der Waals surface area contributed by atoms with Gasteiger partial charge in [-0.2, -0.15) is 0 Å². The topological polar surface area (TPSA) is 121 Å². The molecule has 0 saturated heterocycles. The number of hydrogen-bond acceptors (Lipinski definition) is 6. The van der Waals surface area contributed by atoms with E-state index in [2.05, 4.69) is 14.8 Å². The molecule has 0 atom stereocenters. The Kier molecular flexibility index (Phi) is 6.92. The van der Waals surface area contributed by atoms with Crippen LogP contribution in [0.25, 0.3) is 0 Å². The molecule has 1 aromatic heterocycles. The van der Waals surface area contributed by atoms with Crippen LogP contribution in [-0.2, 0) is 20.0 Å². The molecule has 1 heterocycles. The molecule has 180 valence electrons. The smallest absolute Gasteiger partial charge is 0.271 e. The highest BCUT2D eigenvalue weighted by molar-refractivity contribution is 7.94. The second-order valence-electron chi connectivity index (χ2n) is 7.53. The lowest BCUT2D eigenvalue weighted by Crippen LogP contribution is -2.17. The van der Waals surface area contributed by atoms with Crippen LogP contribution in [0.1, 0.15) is 15.9 Å². The van der Waals surface area contributed by atoms with Crippen LogP contribution in [0.15, 0.2) is 99.4 Å². The molecule has 0 saturated carbocycles. The molecule has 0 unspecified atom stereocenters. The van der Waals surface area contributed by atoms with E-state index in [9.17, 15) is 21.6 Å². The van der Waals surface area contributed by atoms with Crippen LogP contribution in [0, 0.1) is 6.92 Å². The zero-order valence-corrected chi connectivity index (χ0v) is 20.9. The summed E-state index contributed by atoms with van der Waals surface area (Å²) in [4.78, 5) is 12.8. The third kappa shape index (κ3) is 5.88. The van der Waals surface area contributed by atoms with Gasteiger partial charge in [0, 0.05) is 11.3 Å². The number of amides is 1. The summed E-state index contributed by atoms with van der Waals surface area (Å²) in [6.45, 7) is 1.90. The van der Waals surface area contributed by atoms with Crippen LogP contribution in [0.4, 0.5) is 17.1 Å². The Morgan fingerprint density at radius 1 is 0.714 bits per heavy atom. The minimum Gasteiger partial charge on any atom is -0.320 e. The monoisotopic (exact) mass is 527 g/mol. The van der Waals surface area contributed by atoms with Crippen LogP contribution in [0.3, 0.4) is 0 Å². The van der Waals surface area contributed by atoms with E-state index in [0.29, 0.717) is 5.69 Å². The first-order valence-electron chi connectivity index (χ1n) is 10.3. The molecule has 0 aliphatic heterocycles. The lowest BCUT2D eigenvalue weighted by atomic mass is 10.2. The number of benzene rings is 3. The maximum Gasteiger partial charge on any atom is 0.271 e. The number of hydrogen-bond donors (Lipinski definition) is 3. The summed E-state index contributed by atoms with van der Waals surface area (Å²) in [5.41, 5.74) is 2.10. The Labute approximate surface area is 207 Å². The van der Waals surface area contributed by atoms with Crippen molar-refractivity contribution in [2.24, 2.45) is 0 Å². The van der Waals surface area contributed by atoms with Gasteiger partial charge >= 0.3 is 0 Å². The molecule has 0 fully saturated rings. The number of rotatable bonds is 8. The summed E-state index contributed by atoms with van der Waals surface area (Å²) < 4.78 is 55.6. The molecule has 3 N–H and O–H groups in total. The van der Waals surface area contributed by atoms with E-state index in [1.54, 1.807) is 53.9 Å². The molecule has 4 rings (SSSR count). The van der Waals surface area contributed by atoms with Crippen molar-refractivity contribution in [3.63, 3.8) is 0 Å². The van der Waals surface area contributed by atoms with E-state index < -0.39 is 26.0 Å². The van der Waals surface area contributed by atoms with Crippen molar-refractivity contribution in [3.05, 3.63) is 101 Å². The minimum absolute atomic E-state index is 0.00117. The summed E-state index contributed by atoms with van der Waals surface area (Å²) in [6, 6.07) is 21.9. The first kappa shape index (κ1) is 24.5. The van der Waals surface area contributed by atoms with Gasteiger partial charge < -0.3 is 5.32 Å². The number of sulfonamides is 2. The lowest BCUT2D eigenvalue weighted by Gasteiger charge is -2.13. The number of carbonyl (C=O) groups is 1. The summed E-state index contributed by atoms with van der Waals surface area (Å²) in [6.07, 6.45) is 0. The average molecular weight is 528 g/mol. The highest BCUT2D eigenvalue weighted by atomic mass is 32.2. The predicted molar refractivity (Wildman–Crippen MR) is 138 cm³/mol. The molecule has 8 nitrogen and oxygen atoms in total. The van der Waals surface area contributed by atoms with Crippen molar-refractivity contribution in [1.29, 1.82) is 0 Å². The lowest BCUT2D eigenvalue weighted by molar-refractivity contribution is 0.102. The van der Waals surface area contributed by atoms with Crippen molar-refractivity contribution in [1.82, 2.24) is 0 Å². The van der Waals surface area contributed by atoms with E-state index in [-0.39, 0.29) is 26.0 Å². The van der Waals surface area contributed by atoms with Crippen LogP contribution in [0.5, 0.6) is 0 Å². The van der Waals surface area contributed by atoms with Gasteiger partial charge in [0.1, 0.15) is 4.21 Å². The summed E-state index contributed by atoms with van der Waals surface area (Å²) in [5.74, 6) is -0.525. The van der Waals surface area contributed by atoms with Crippen LogP contribution < -0.4 is 14.8 Å². The average Bonchev–Trinajstić information content (AvgIpc) is 3.38. The van der Waals surface area contributed by atoms with Crippen molar-refractivity contribution in [3.8, 4) is 0 Å². The van der Waals surface area contributed by atoms with Crippen molar-refractivity contribution < 1.29 is 21.6 Å². The number of aryl methyl sites for hydroxylation is 1. The van der Waals surface area contributed by atoms with Gasteiger partial charge in [0.05, 0.1) is 16.3 Å². The van der Waals surface area contributed by atoms with Crippen molar-refractivity contribution in [2.45, 2.75) is 16.0 Å². The second-order valence-corrected chi connectivity index (χ2v) is 12.1. The fourth-order valence-corrected chi connectivity index (χ4v) is 6.24. The van der Waals surface area contributed by atoms with Crippen LogP contribution in [-0.4, -0.2) is 22.7 Å². The quantitative estimate of drug-likeness (QED) is 0.301. The molecule has 0 aliphatic rings. The molecule has 0 aliphatic carbocycles. The molecule has 3 aromatic carbocycles. The van der Waals surface area contributed by atoms with Gasteiger partial charge in [-0.3, -0.25) is 14.2 Å². The SMILES string of the molecule is Cc1ccc(NS(=O)(=O)c2ccc(C(=O)Nc3ccccc3NS(=O)(=O)c3cccs3)cc2)cc1. The fourth-order valence-electron chi connectivity index (χ4n) is 3.11. The van der Waals surface area contributed by atoms with E-state index in [1.807, 2.05) is 6.92 Å². The van der Waals surface area contributed by atoms with Crippen molar-refractivity contribution in [2.75, 3.05) is 14.8 Å².